The van der Waals surface area contributed by atoms with E-state index >= 15 is 0 Å². The molecular formula is C9H10N2O9. The van der Waals surface area contributed by atoms with E-state index < -0.39 is 15.9 Å². The van der Waals surface area contributed by atoms with E-state index in [1.54, 1.807) is 0 Å². The maximum absolute atomic E-state index is 10.5. The molecule has 1 aromatic rings. The molecule has 110 valence electrons. The Balaban J connectivity index is 3.51. The molecule has 0 aliphatic heterocycles. The molecule has 0 heterocycles. The Kier molecular flexibility index (Phi) is 4.72. The van der Waals surface area contributed by atoms with Crippen LogP contribution in [0.15, 0.2) is 6.07 Å². The number of hydrogen-bond acceptors (Lipinski definition) is 9. The lowest BCUT2D eigenvalue weighted by Crippen LogP contribution is -2.10. The summed E-state index contributed by atoms with van der Waals surface area (Å²) >= 11 is 0. The average Bonchev–Trinajstić information content (AvgIpc) is 2.38. The molecule has 0 radical (unpaired) electrons. The van der Waals surface area contributed by atoms with Crippen molar-refractivity contribution in [3.63, 3.8) is 0 Å². The van der Waals surface area contributed by atoms with Gasteiger partial charge in [0.1, 0.15) is 0 Å². The molecule has 20 heavy (non-hydrogen) atoms. The molecule has 0 aromatic heterocycles. The molecule has 1 rings (SSSR count). The van der Waals surface area contributed by atoms with E-state index in [4.69, 9.17) is 14.2 Å². The van der Waals surface area contributed by atoms with Crippen molar-refractivity contribution in [1.82, 2.24) is 0 Å². The second-order valence-corrected chi connectivity index (χ2v) is 3.10. The molecule has 0 saturated carbocycles. The van der Waals surface area contributed by atoms with Gasteiger partial charge in [0, 0.05) is 6.07 Å². The third-order valence-electron chi connectivity index (χ3n) is 2.09. The Morgan fingerprint density at radius 3 is 1.75 bits per heavy atom. The summed E-state index contributed by atoms with van der Waals surface area (Å²) in [5.41, 5.74) is 0. The van der Waals surface area contributed by atoms with Gasteiger partial charge >= 0.3 is 0 Å². The summed E-state index contributed by atoms with van der Waals surface area (Å²) in [7, 11) is 3.52. The number of benzene rings is 1. The van der Waals surface area contributed by atoms with E-state index in [9.17, 15) is 20.2 Å². The lowest BCUT2D eigenvalue weighted by atomic mass is 10.2. The molecule has 0 fully saturated rings. The number of methoxy groups -OCH3 is 3. The highest BCUT2D eigenvalue weighted by Gasteiger charge is 2.25. The van der Waals surface area contributed by atoms with Crippen LogP contribution >= 0.6 is 0 Å². The van der Waals surface area contributed by atoms with Crippen molar-refractivity contribution in [3.8, 4) is 28.7 Å². The second-order valence-electron chi connectivity index (χ2n) is 3.10. The fourth-order valence-corrected chi connectivity index (χ4v) is 1.42. The molecule has 0 saturated heterocycles. The van der Waals surface area contributed by atoms with Crippen LogP contribution in [0, 0.1) is 20.2 Å². The van der Waals surface area contributed by atoms with Crippen molar-refractivity contribution in [2.45, 2.75) is 0 Å². The zero-order chi connectivity index (χ0) is 15.3. The molecular weight excluding hydrogens is 280 g/mol. The molecule has 0 bridgehead atoms. The normalized spacial score (nSPS) is 9.55. The minimum Gasteiger partial charge on any atom is -0.494 e. The molecule has 0 amide bonds. The maximum Gasteiger partial charge on any atom is 0.300 e. The van der Waals surface area contributed by atoms with Crippen molar-refractivity contribution in [3.05, 3.63) is 26.3 Å². The zero-order valence-electron chi connectivity index (χ0n) is 10.6. The Morgan fingerprint density at radius 1 is 0.800 bits per heavy atom. The van der Waals surface area contributed by atoms with Gasteiger partial charge in [-0.3, -0.25) is 9.68 Å². The van der Waals surface area contributed by atoms with Gasteiger partial charge in [-0.15, -0.1) is 20.2 Å². The van der Waals surface area contributed by atoms with Crippen molar-refractivity contribution in [1.29, 1.82) is 0 Å². The Labute approximate surface area is 111 Å². The molecule has 11 nitrogen and oxygen atoms in total. The summed E-state index contributed by atoms with van der Waals surface area (Å²) in [6, 6.07) is 1.00. The third kappa shape index (κ3) is 3.07. The van der Waals surface area contributed by atoms with Crippen molar-refractivity contribution in [2.75, 3.05) is 21.3 Å². The molecule has 1 aromatic carbocycles. The van der Waals surface area contributed by atoms with Crippen LogP contribution in [0.5, 0.6) is 28.7 Å². The smallest absolute Gasteiger partial charge is 0.300 e. The number of hydrogen-bond donors (Lipinski definition) is 0. The minimum absolute atomic E-state index is 0.198. The van der Waals surface area contributed by atoms with Gasteiger partial charge in [-0.25, -0.2) is 0 Å². The van der Waals surface area contributed by atoms with Crippen LogP contribution in [-0.4, -0.2) is 31.5 Å². The summed E-state index contributed by atoms with van der Waals surface area (Å²) in [5.74, 6) is -1.49. The van der Waals surface area contributed by atoms with Gasteiger partial charge < -0.3 is 14.2 Å². The highest BCUT2D eigenvalue weighted by molar-refractivity contribution is 5.65. The molecule has 0 unspecified atom stereocenters. The van der Waals surface area contributed by atoms with Crippen LogP contribution in [0.4, 0.5) is 0 Å². The van der Waals surface area contributed by atoms with E-state index in [1.807, 2.05) is 0 Å². The number of ether oxygens (including phenoxy) is 3. The molecule has 0 spiro atoms. The van der Waals surface area contributed by atoms with Crippen molar-refractivity contribution >= 4 is 0 Å². The van der Waals surface area contributed by atoms with E-state index in [0.717, 1.165) is 6.07 Å². The topological polar surface area (TPSA) is 132 Å². The van der Waals surface area contributed by atoms with Gasteiger partial charge in [0.25, 0.3) is 10.2 Å². The predicted molar refractivity (Wildman–Crippen MR) is 61.3 cm³/mol. The lowest BCUT2D eigenvalue weighted by molar-refractivity contribution is -0.712. The largest absolute Gasteiger partial charge is 0.494 e. The first kappa shape index (κ1) is 15.1. The highest BCUT2D eigenvalue weighted by Crippen LogP contribution is 2.50. The highest BCUT2D eigenvalue weighted by atomic mass is 17.0. The Hall–Kier alpha value is -2.98. The molecule has 0 aliphatic rings. The Morgan fingerprint density at radius 2 is 1.35 bits per heavy atom. The summed E-state index contributed by atoms with van der Waals surface area (Å²) in [6.45, 7) is 0. The van der Waals surface area contributed by atoms with Crippen LogP contribution < -0.4 is 23.9 Å². The second kappa shape index (κ2) is 6.26. The Bertz CT molecular complexity index is 531. The van der Waals surface area contributed by atoms with Gasteiger partial charge in [-0.2, -0.15) is 0 Å². The molecule has 11 heteroatoms. The average molecular weight is 290 g/mol. The van der Waals surface area contributed by atoms with Gasteiger partial charge in [0.15, 0.2) is 23.0 Å². The zero-order valence-corrected chi connectivity index (χ0v) is 10.6. The van der Waals surface area contributed by atoms with Crippen molar-refractivity contribution in [2.24, 2.45) is 0 Å². The molecule has 0 N–H and O–H groups in total. The van der Waals surface area contributed by atoms with Gasteiger partial charge in [-0.05, 0) is 0 Å². The van der Waals surface area contributed by atoms with Crippen molar-refractivity contribution < 1.29 is 34.1 Å². The van der Waals surface area contributed by atoms with Crippen LogP contribution in [0.3, 0.4) is 0 Å². The first-order valence-electron chi connectivity index (χ1n) is 4.92. The summed E-state index contributed by atoms with van der Waals surface area (Å²) < 4.78 is 14.6. The van der Waals surface area contributed by atoms with Crippen LogP contribution in [0.2, 0.25) is 0 Å². The fourth-order valence-electron chi connectivity index (χ4n) is 1.42. The molecule has 0 aliphatic carbocycles. The standard InChI is InChI=1S/C9H10N2O9/c1-16-5-4-6(19-10(12)13)7(17-2)9(18-3)8(5)20-11(14)15/h4H,1-3H3. The van der Waals surface area contributed by atoms with Crippen LogP contribution in [-0.2, 0) is 0 Å². The van der Waals surface area contributed by atoms with E-state index in [1.165, 1.54) is 21.3 Å². The summed E-state index contributed by atoms with van der Waals surface area (Å²) in [6.07, 6.45) is 0. The van der Waals surface area contributed by atoms with Gasteiger partial charge in [-0.1, -0.05) is 0 Å². The first-order chi connectivity index (χ1) is 9.44. The van der Waals surface area contributed by atoms with E-state index in [0.29, 0.717) is 0 Å². The van der Waals surface area contributed by atoms with Crippen LogP contribution in [0.1, 0.15) is 0 Å². The van der Waals surface area contributed by atoms with Gasteiger partial charge in [0.2, 0.25) is 5.75 Å². The molecule has 0 atom stereocenters. The van der Waals surface area contributed by atoms with Crippen LogP contribution in [0.25, 0.3) is 0 Å². The van der Waals surface area contributed by atoms with E-state index in [-0.39, 0.29) is 23.0 Å². The first-order valence-corrected chi connectivity index (χ1v) is 4.92. The summed E-state index contributed by atoms with van der Waals surface area (Å²) in [5, 5.41) is 18.7. The predicted octanol–water partition coefficient (Wildman–Crippen LogP) is 0.853. The maximum atomic E-state index is 10.5. The number of nitrogens with zero attached hydrogens (tertiary/aromatic N) is 2. The van der Waals surface area contributed by atoms with E-state index in [2.05, 4.69) is 9.68 Å². The fraction of sp³-hybridized carbons (Fsp3) is 0.333. The van der Waals surface area contributed by atoms with Gasteiger partial charge in [0.05, 0.1) is 21.3 Å². The minimum atomic E-state index is -1.09. The summed E-state index contributed by atoms with van der Waals surface area (Å²) in [4.78, 5) is 29.5. The monoisotopic (exact) mass is 290 g/mol. The lowest BCUT2D eigenvalue weighted by Gasteiger charge is -2.16. The number of rotatable bonds is 7. The third-order valence-corrected chi connectivity index (χ3v) is 2.09. The SMILES string of the molecule is COc1cc(O[N+](=O)[O-])c(OC)c(OC)c1O[N+](=O)[O-]. The quantitative estimate of drug-likeness (QED) is 0.529.